The monoisotopic (exact) mass is 314 g/mol. The number of hydroxylamine groups is 2. The smallest absolute Gasteiger partial charge is 0.416 e. The standard InChI is InChI=1S/C14H13F3N2O3/c1-8-11(13(20)19(2)21-3)22-12(18-8)9-4-6-10(7-5-9)14(15,16)17/h4-7H,1-3H3. The van der Waals surface area contributed by atoms with Gasteiger partial charge in [0.25, 0.3) is 0 Å². The summed E-state index contributed by atoms with van der Waals surface area (Å²) in [7, 11) is 2.72. The SMILES string of the molecule is CON(C)C(=O)c1oc(-c2ccc(C(F)(F)F)cc2)nc1C. The summed E-state index contributed by atoms with van der Waals surface area (Å²) in [5.41, 5.74) is -0.103. The maximum absolute atomic E-state index is 12.5. The second-order valence-corrected chi connectivity index (χ2v) is 4.49. The summed E-state index contributed by atoms with van der Waals surface area (Å²) < 4.78 is 42.9. The Kier molecular flexibility index (Phi) is 4.23. The van der Waals surface area contributed by atoms with Crippen molar-refractivity contribution in [1.82, 2.24) is 10.0 Å². The van der Waals surface area contributed by atoms with Crippen molar-refractivity contribution in [2.24, 2.45) is 0 Å². The van der Waals surface area contributed by atoms with Crippen LogP contribution in [0.5, 0.6) is 0 Å². The molecule has 22 heavy (non-hydrogen) atoms. The summed E-state index contributed by atoms with van der Waals surface area (Å²) in [6.45, 7) is 1.56. The van der Waals surface area contributed by atoms with Gasteiger partial charge in [0, 0.05) is 12.6 Å². The third kappa shape index (κ3) is 3.11. The summed E-state index contributed by atoms with van der Waals surface area (Å²) in [5.74, 6) is -0.496. The minimum Gasteiger partial charge on any atom is -0.431 e. The zero-order valence-corrected chi connectivity index (χ0v) is 12.1. The fraction of sp³-hybridized carbons (Fsp3) is 0.286. The van der Waals surface area contributed by atoms with Gasteiger partial charge in [-0.05, 0) is 31.2 Å². The molecule has 0 atom stereocenters. The van der Waals surface area contributed by atoms with E-state index in [-0.39, 0.29) is 11.7 Å². The van der Waals surface area contributed by atoms with Crippen LogP contribution in [0.3, 0.4) is 0 Å². The Balaban J connectivity index is 2.33. The summed E-state index contributed by atoms with van der Waals surface area (Å²) in [6, 6.07) is 4.33. The van der Waals surface area contributed by atoms with Gasteiger partial charge in [0.15, 0.2) is 0 Å². The Morgan fingerprint density at radius 2 is 1.86 bits per heavy atom. The molecule has 0 N–H and O–H groups in total. The highest BCUT2D eigenvalue weighted by molar-refractivity contribution is 5.91. The molecule has 0 aliphatic heterocycles. The van der Waals surface area contributed by atoms with Crippen LogP contribution in [-0.2, 0) is 11.0 Å². The molecule has 2 rings (SSSR count). The average molecular weight is 314 g/mol. The number of aryl methyl sites for hydroxylation is 1. The fourth-order valence-corrected chi connectivity index (χ4v) is 1.75. The number of alkyl halides is 3. The van der Waals surface area contributed by atoms with Crippen molar-refractivity contribution in [1.29, 1.82) is 0 Å². The van der Waals surface area contributed by atoms with E-state index in [4.69, 9.17) is 9.25 Å². The van der Waals surface area contributed by atoms with Crippen LogP contribution in [0, 0.1) is 6.92 Å². The summed E-state index contributed by atoms with van der Waals surface area (Å²) in [6.07, 6.45) is -4.41. The molecular formula is C14H13F3N2O3. The molecule has 0 saturated carbocycles. The van der Waals surface area contributed by atoms with Gasteiger partial charge in [0.1, 0.15) is 0 Å². The number of nitrogens with zero attached hydrogens (tertiary/aromatic N) is 2. The van der Waals surface area contributed by atoms with Gasteiger partial charge >= 0.3 is 12.1 Å². The summed E-state index contributed by atoms with van der Waals surface area (Å²) in [5, 5.41) is 0.962. The Labute approximate surface area is 124 Å². The van der Waals surface area contributed by atoms with Gasteiger partial charge in [-0.1, -0.05) is 0 Å². The lowest BCUT2D eigenvalue weighted by Crippen LogP contribution is -2.25. The second kappa shape index (κ2) is 5.80. The molecule has 0 saturated heterocycles. The molecule has 118 valence electrons. The molecule has 2 aromatic rings. The van der Waals surface area contributed by atoms with E-state index in [0.29, 0.717) is 11.3 Å². The van der Waals surface area contributed by atoms with Gasteiger partial charge in [0.05, 0.1) is 18.4 Å². The molecule has 0 aliphatic carbocycles. The Bertz CT molecular complexity index is 678. The van der Waals surface area contributed by atoms with E-state index in [1.807, 2.05) is 0 Å². The number of oxazole rings is 1. The number of aromatic nitrogens is 1. The molecule has 0 aliphatic rings. The van der Waals surface area contributed by atoms with E-state index in [0.717, 1.165) is 17.2 Å². The molecule has 1 amide bonds. The average Bonchev–Trinajstić information content (AvgIpc) is 2.87. The van der Waals surface area contributed by atoms with Gasteiger partial charge in [0.2, 0.25) is 11.7 Å². The number of amides is 1. The molecule has 0 spiro atoms. The molecule has 0 radical (unpaired) electrons. The van der Waals surface area contributed by atoms with Crippen molar-refractivity contribution < 1.29 is 27.2 Å². The van der Waals surface area contributed by atoms with E-state index in [1.54, 1.807) is 6.92 Å². The van der Waals surface area contributed by atoms with Crippen LogP contribution >= 0.6 is 0 Å². The maximum atomic E-state index is 12.5. The van der Waals surface area contributed by atoms with Crippen molar-refractivity contribution in [3.05, 3.63) is 41.3 Å². The van der Waals surface area contributed by atoms with Crippen LogP contribution < -0.4 is 0 Å². The second-order valence-electron chi connectivity index (χ2n) is 4.49. The molecule has 5 nitrogen and oxygen atoms in total. The van der Waals surface area contributed by atoms with E-state index in [9.17, 15) is 18.0 Å². The van der Waals surface area contributed by atoms with Crippen molar-refractivity contribution >= 4 is 5.91 Å². The number of carbonyl (C=O) groups excluding carboxylic acids is 1. The molecule has 1 aromatic carbocycles. The molecule has 1 aromatic heterocycles. The lowest BCUT2D eigenvalue weighted by Gasteiger charge is -2.11. The zero-order valence-electron chi connectivity index (χ0n) is 12.1. The lowest BCUT2D eigenvalue weighted by molar-refractivity contribution is -0.137. The van der Waals surface area contributed by atoms with Gasteiger partial charge in [-0.15, -0.1) is 0 Å². The van der Waals surface area contributed by atoms with Crippen molar-refractivity contribution in [2.45, 2.75) is 13.1 Å². The van der Waals surface area contributed by atoms with Crippen LogP contribution in [0.15, 0.2) is 28.7 Å². The van der Waals surface area contributed by atoms with Crippen LogP contribution in [0.4, 0.5) is 13.2 Å². The van der Waals surface area contributed by atoms with Crippen LogP contribution in [0.25, 0.3) is 11.5 Å². The largest absolute Gasteiger partial charge is 0.431 e. The van der Waals surface area contributed by atoms with Gasteiger partial charge < -0.3 is 4.42 Å². The minimum absolute atomic E-state index is 0.0285. The number of benzene rings is 1. The Morgan fingerprint density at radius 3 is 2.36 bits per heavy atom. The first-order valence-corrected chi connectivity index (χ1v) is 6.21. The fourth-order valence-electron chi connectivity index (χ4n) is 1.75. The number of hydrogen-bond acceptors (Lipinski definition) is 4. The van der Waals surface area contributed by atoms with E-state index >= 15 is 0 Å². The van der Waals surface area contributed by atoms with Crippen molar-refractivity contribution in [3.8, 4) is 11.5 Å². The van der Waals surface area contributed by atoms with Crippen LogP contribution in [0.1, 0.15) is 21.8 Å². The minimum atomic E-state index is -4.41. The summed E-state index contributed by atoms with van der Waals surface area (Å²) >= 11 is 0. The first-order chi connectivity index (χ1) is 10.2. The van der Waals surface area contributed by atoms with E-state index in [2.05, 4.69) is 4.98 Å². The summed E-state index contributed by atoms with van der Waals surface area (Å²) in [4.78, 5) is 20.8. The van der Waals surface area contributed by atoms with Crippen LogP contribution in [-0.4, -0.2) is 30.1 Å². The molecule has 0 fully saturated rings. The van der Waals surface area contributed by atoms with E-state index in [1.165, 1.54) is 26.3 Å². The Hall–Kier alpha value is -2.35. The van der Waals surface area contributed by atoms with Crippen molar-refractivity contribution in [3.63, 3.8) is 0 Å². The zero-order chi connectivity index (χ0) is 16.5. The molecule has 1 heterocycles. The van der Waals surface area contributed by atoms with Gasteiger partial charge in [-0.2, -0.15) is 13.2 Å². The topological polar surface area (TPSA) is 55.6 Å². The lowest BCUT2D eigenvalue weighted by atomic mass is 10.1. The third-order valence-electron chi connectivity index (χ3n) is 3.01. The molecular weight excluding hydrogens is 301 g/mol. The van der Waals surface area contributed by atoms with Gasteiger partial charge in [-0.25, -0.2) is 10.0 Å². The number of halogens is 3. The third-order valence-corrected chi connectivity index (χ3v) is 3.01. The van der Waals surface area contributed by atoms with Crippen LogP contribution in [0.2, 0.25) is 0 Å². The number of rotatable bonds is 3. The highest BCUT2D eigenvalue weighted by atomic mass is 19.4. The first kappa shape index (κ1) is 16.0. The molecule has 0 bridgehead atoms. The predicted molar refractivity (Wildman–Crippen MR) is 70.8 cm³/mol. The number of hydrogen-bond donors (Lipinski definition) is 0. The quantitative estimate of drug-likeness (QED) is 0.816. The predicted octanol–water partition coefficient (Wildman–Crippen LogP) is 3.30. The molecule has 8 heteroatoms. The first-order valence-electron chi connectivity index (χ1n) is 6.21. The maximum Gasteiger partial charge on any atom is 0.416 e. The highest BCUT2D eigenvalue weighted by Gasteiger charge is 2.30. The van der Waals surface area contributed by atoms with Gasteiger partial charge in [-0.3, -0.25) is 9.63 Å². The van der Waals surface area contributed by atoms with Crippen molar-refractivity contribution in [2.75, 3.05) is 14.2 Å². The normalized spacial score (nSPS) is 11.5. The molecule has 0 unspecified atom stereocenters. The van der Waals surface area contributed by atoms with E-state index < -0.39 is 17.6 Å². The Morgan fingerprint density at radius 1 is 1.27 bits per heavy atom. The highest BCUT2D eigenvalue weighted by Crippen LogP contribution is 2.31. The number of carbonyl (C=O) groups is 1.